The van der Waals surface area contributed by atoms with Crippen LogP contribution in [0.1, 0.15) is 30.7 Å². The van der Waals surface area contributed by atoms with Crippen molar-refractivity contribution >= 4 is 22.9 Å². The molecule has 1 N–H and O–H groups in total. The minimum absolute atomic E-state index is 0.197. The van der Waals surface area contributed by atoms with Crippen molar-refractivity contribution in [3.63, 3.8) is 0 Å². The third-order valence-electron chi connectivity index (χ3n) is 3.06. The molecule has 0 saturated heterocycles. The smallest absolute Gasteiger partial charge is 0.243 e. The van der Waals surface area contributed by atoms with Crippen molar-refractivity contribution in [2.75, 3.05) is 5.32 Å². The Kier molecular flexibility index (Phi) is 3.64. The molecule has 3 aromatic rings. The summed E-state index contributed by atoms with van der Waals surface area (Å²) in [6.07, 6.45) is 3.40. The minimum atomic E-state index is -0.322. The monoisotopic (exact) mass is 290 g/mol. The van der Waals surface area contributed by atoms with Gasteiger partial charge in [0.25, 0.3) is 0 Å². The van der Waals surface area contributed by atoms with E-state index in [1.165, 1.54) is 21.7 Å². The second-order valence-electron chi connectivity index (χ2n) is 4.59. The van der Waals surface area contributed by atoms with E-state index in [0.29, 0.717) is 11.6 Å². The molecule has 0 fully saturated rings. The largest absolute Gasteiger partial charge is 0.345 e. The molecule has 0 aliphatic carbocycles. The van der Waals surface area contributed by atoms with Crippen molar-refractivity contribution in [2.45, 2.75) is 25.8 Å². The van der Waals surface area contributed by atoms with E-state index in [0.717, 1.165) is 12.8 Å². The molecule has 1 atom stereocenters. The number of hydrogen-bond donors (Lipinski definition) is 1. The zero-order valence-corrected chi connectivity index (χ0v) is 11.9. The summed E-state index contributed by atoms with van der Waals surface area (Å²) in [5.74, 6) is 0.208. The summed E-state index contributed by atoms with van der Waals surface area (Å²) >= 11 is 1.71. The number of aromatic nitrogens is 3. The maximum Gasteiger partial charge on any atom is 0.243 e. The molecule has 0 aliphatic heterocycles. The van der Waals surface area contributed by atoms with Crippen LogP contribution in [0.2, 0.25) is 0 Å². The van der Waals surface area contributed by atoms with E-state index >= 15 is 0 Å². The molecule has 0 amide bonds. The summed E-state index contributed by atoms with van der Waals surface area (Å²) in [5, 5.41) is 9.66. The Labute approximate surface area is 120 Å². The zero-order valence-electron chi connectivity index (χ0n) is 11.1. The van der Waals surface area contributed by atoms with E-state index < -0.39 is 0 Å². The van der Waals surface area contributed by atoms with Crippen LogP contribution >= 0.6 is 11.3 Å². The average molecular weight is 290 g/mol. The number of thiophene rings is 1. The highest BCUT2D eigenvalue weighted by molar-refractivity contribution is 7.10. The van der Waals surface area contributed by atoms with Crippen LogP contribution in [0.25, 0.3) is 5.65 Å². The molecule has 4 nitrogen and oxygen atoms in total. The Bertz CT molecular complexity index is 692. The van der Waals surface area contributed by atoms with E-state index in [1.807, 2.05) is 6.07 Å². The fourth-order valence-electron chi connectivity index (χ4n) is 2.14. The van der Waals surface area contributed by atoms with E-state index in [4.69, 9.17) is 0 Å². The molecule has 0 aromatic carbocycles. The van der Waals surface area contributed by atoms with E-state index in [-0.39, 0.29) is 11.9 Å². The molecular weight excluding hydrogens is 275 g/mol. The lowest BCUT2D eigenvalue weighted by atomic mass is 10.1. The van der Waals surface area contributed by atoms with Gasteiger partial charge in [0, 0.05) is 4.88 Å². The highest BCUT2D eigenvalue weighted by Gasteiger charge is 2.14. The van der Waals surface area contributed by atoms with Crippen LogP contribution in [-0.2, 0) is 0 Å². The first-order valence-corrected chi connectivity index (χ1v) is 7.46. The van der Waals surface area contributed by atoms with Crippen LogP contribution in [0, 0.1) is 5.82 Å². The first-order valence-electron chi connectivity index (χ1n) is 6.58. The van der Waals surface area contributed by atoms with Crippen LogP contribution in [0.5, 0.6) is 0 Å². The Hall–Kier alpha value is -1.95. The summed E-state index contributed by atoms with van der Waals surface area (Å²) in [4.78, 5) is 5.63. The predicted octanol–water partition coefficient (Wildman–Crippen LogP) is 3.88. The molecule has 3 rings (SSSR count). The summed E-state index contributed by atoms with van der Waals surface area (Å²) < 4.78 is 14.6. The Morgan fingerprint density at radius 3 is 3.05 bits per heavy atom. The molecule has 1 unspecified atom stereocenters. The normalized spacial score (nSPS) is 12.7. The summed E-state index contributed by atoms with van der Waals surface area (Å²) in [6.45, 7) is 2.15. The third-order valence-corrected chi connectivity index (χ3v) is 4.05. The second-order valence-corrected chi connectivity index (χ2v) is 5.57. The van der Waals surface area contributed by atoms with E-state index in [2.05, 4.69) is 33.8 Å². The van der Waals surface area contributed by atoms with Crippen LogP contribution in [0.4, 0.5) is 10.3 Å². The molecular formula is C14H15FN4S. The number of anilines is 1. The van der Waals surface area contributed by atoms with Gasteiger partial charge in [-0.05, 0) is 30.0 Å². The van der Waals surface area contributed by atoms with Gasteiger partial charge >= 0.3 is 0 Å². The van der Waals surface area contributed by atoms with Crippen molar-refractivity contribution in [1.29, 1.82) is 0 Å². The van der Waals surface area contributed by atoms with Gasteiger partial charge in [0.2, 0.25) is 5.95 Å². The highest BCUT2D eigenvalue weighted by atomic mass is 32.1. The molecule has 20 heavy (non-hydrogen) atoms. The van der Waals surface area contributed by atoms with E-state index in [9.17, 15) is 4.39 Å². The van der Waals surface area contributed by atoms with Crippen LogP contribution in [0.15, 0.2) is 35.8 Å². The van der Waals surface area contributed by atoms with Crippen LogP contribution in [0.3, 0.4) is 0 Å². The summed E-state index contributed by atoms with van der Waals surface area (Å²) in [5.41, 5.74) is 0.635. The number of nitrogens with zero attached hydrogens (tertiary/aromatic N) is 3. The van der Waals surface area contributed by atoms with Gasteiger partial charge in [-0.15, -0.1) is 16.4 Å². The van der Waals surface area contributed by atoms with Gasteiger partial charge in [-0.1, -0.05) is 19.4 Å². The summed E-state index contributed by atoms with van der Waals surface area (Å²) in [7, 11) is 0. The van der Waals surface area contributed by atoms with Gasteiger partial charge in [-0.25, -0.2) is 8.91 Å². The van der Waals surface area contributed by atoms with Gasteiger partial charge in [0.1, 0.15) is 5.82 Å². The number of hydrogen-bond acceptors (Lipinski definition) is 4. The first-order chi connectivity index (χ1) is 9.76. The lowest BCUT2D eigenvalue weighted by molar-refractivity contribution is 0.614. The molecule has 0 radical (unpaired) electrons. The molecule has 3 aromatic heterocycles. The quantitative estimate of drug-likeness (QED) is 0.775. The fraction of sp³-hybridized carbons (Fsp3) is 0.286. The number of pyridine rings is 1. The first kappa shape index (κ1) is 13.1. The molecule has 0 bridgehead atoms. The topological polar surface area (TPSA) is 42.2 Å². The predicted molar refractivity (Wildman–Crippen MR) is 78.5 cm³/mol. The van der Waals surface area contributed by atoms with Crippen molar-refractivity contribution in [3.05, 3.63) is 46.5 Å². The number of halogens is 1. The van der Waals surface area contributed by atoms with Crippen molar-refractivity contribution < 1.29 is 4.39 Å². The minimum Gasteiger partial charge on any atom is -0.345 e. The number of fused-ring (bicyclic) bond motifs is 1. The number of rotatable bonds is 5. The van der Waals surface area contributed by atoms with Gasteiger partial charge < -0.3 is 5.32 Å². The number of nitrogens with one attached hydrogen (secondary N) is 1. The Morgan fingerprint density at radius 2 is 2.30 bits per heavy atom. The SMILES string of the molecule is CCCC(Nc1nc2ccc(F)cn2n1)c1cccs1. The van der Waals surface area contributed by atoms with Gasteiger partial charge in [0.05, 0.1) is 12.2 Å². The lowest BCUT2D eigenvalue weighted by Crippen LogP contribution is -2.10. The van der Waals surface area contributed by atoms with Gasteiger partial charge in [-0.3, -0.25) is 0 Å². The van der Waals surface area contributed by atoms with Gasteiger partial charge in [0.15, 0.2) is 5.65 Å². The Morgan fingerprint density at radius 1 is 1.40 bits per heavy atom. The van der Waals surface area contributed by atoms with E-state index in [1.54, 1.807) is 17.4 Å². The van der Waals surface area contributed by atoms with Crippen molar-refractivity contribution in [2.24, 2.45) is 0 Å². The third kappa shape index (κ3) is 2.65. The summed E-state index contributed by atoms with van der Waals surface area (Å²) in [6, 6.07) is 7.34. The molecule has 6 heteroatoms. The Balaban J connectivity index is 1.86. The standard InChI is InChI=1S/C14H15FN4S/c1-2-4-11(12-5-3-8-20-12)16-14-17-13-7-6-10(15)9-19(13)18-14/h3,5-9,11H,2,4H2,1H3,(H,16,18). The zero-order chi connectivity index (χ0) is 13.9. The molecule has 0 aliphatic rings. The molecule has 104 valence electrons. The maximum atomic E-state index is 13.1. The average Bonchev–Trinajstić information content (AvgIpc) is 3.06. The lowest BCUT2D eigenvalue weighted by Gasteiger charge is -2.14. The molecule has 0 spiro atoms. The second kappa shape index (κ2) is 5.58. The van der Waals surface area contributed by atoms with Crippen molar-refractivity contribution in [1.82, 2.24) is 14.6 Å². The molecule has 3 heterocycles. The van der Waals surface area contributed by atoms with Crippen LogP contribution < -0.4 is 5.32 Å². The maximum absolute atomic E-state index is 13.1. The fourth-order valence-corrected chi connectivity index (χ4v) is 2.95. The van der Waals surface area contributed by atoms with Crippen LogP contribution in [-0.4, -0.2) is 14.6 Å². The highest BCUT2D eigenvalue weighted by Crippen LogP contribution is 2.26. The van der Waals surface area contributed by atoms with Gasteiger partial charge in [-0.2, -0.15) is 4.98 Å². The molecule has 0 saturated carbocycles. The van der Waals surface area contributed by atoms with Crippen molar-refractivity contribution in [3.8, 4) is 0 Å².